The number of aryl methyl sites for hydroxylation is 2. The molecule has 0 radical (unpaired) electrons. The van der Waals surface area contributed by atoms with Crippen LogP contribution < -0.4 is 31.5 Å². The second kappa shape index (κ2) is 20.0. The van der Waals surface area contributed by atoms with Gasteiger partial charge < -0.3 is 40.2 Å². The molecule has 5 N–H and O–H groups in total. The van der Waals surface area contributed by atoms with Crippen LogP contribution in [-0.4, -0.2) is 125 Å². The van der Waals surface area contributed by atoms with Crippen molar-refractivity contribution in [3.8, 4) is 0 Å². The number of ether oxygens (including phenoxy) is 2. The van der Waals surface area contributed by atoms with Gasteiger partial charge >= 0.3 is 0 Å². The maximum Gasteiger partial charge on any atom is 0.268 e. The Labute approximate surface area is 369 Å². The van der Waals surface area contributed by atoms with Crippen molar-refractivity contribution in [2.45, 2.75) is 57.9 Å². The van der Waals surface area contributed by atoms with Gasteiger partial charge in [0.05, 0.1) is 73.8 Å². The average Bonchev–Trinajstić information content (AvgIpc) is 3.84. The second-order valence-corrected chi connectivity index (χ2v) is 17.3. The highest BCUT2D eigenvalue weighted by Gasteiger charge is 2.41. The molecule has 0 unspecified atom stereocenters. The standard InChI is InChI=1S/C44H54N12O6S/c1-29-30(2)63-43(49-29)53-40(59)33-8-4-5-9-34(33)50-37(57)12-20-61-22-23-62-21-15-45-38(58)27-54-16-18-55(19-17-54)32-10-11-36(46-26-32)51-42-47-25-31-24-35-41(60)48-28-44(13-6-3-7-14-44)56(35)39(31)52-42/h4-5,8-11,24-26H,3,6-7,12-23,27-28H2,1-2H3,(H,45,58)(H,48,60)(H,50,57)(H,49,53,59)(H,46,47,51,52). The molecular weight excluding hydrogens is 825 g/mol. The van der Waals surface area contributed by atoms with Gasteiger partial charge in [0.15, 0.2) is 5.13 Å². The van der Waals surface area contributed by atoms with Gasteiger partial charge in [0.2, 0.25) is 17.8 Å². The molecule has 1 aromatic carbocycles. The van der Waals surface area contributed by atoms with Crippen LogP contribution in [0, 0.1) is 13.8 Å². The summed E-state index contributed by atoms with van der Waals surface area (Å²) in [5, 5.41) is 16.2. The van der Waals surface area contributed by atoms with E-state index in [0.717, 1.165) is 79.2 Å². The molecule has 6 heterocycles. The van der Waals surface area contributed by atoms with Gasteiger partial charge in [0, 0.05) is 55.7 Å². The maximum atomic E-state index is 12.9. The Morgan fingerprint density at radius 2 is 1.67 bits per heavy atom. The molecule has 2 fully saturated rings. The Morgan fingerprint density at radius 3 is 2.43 bits per heavy atom. The number of pyridine rings is 1. The zero-order valence-corrected chi connectivity index (χ0v) is 36.5. The van der Waals surface area contributed by atoms with Gasteiger partial charge in [0.1, 0.15) is 17.2 Å². The number of amides is 4. The number of anilines is 5. The van der Waals surface area contributed by atoms with E-state index in [4.69, 9.17) is 14.5 Å². The lowest BCUT2D eigenvalue weighted by molar-refractivity contribution is -0.122. The Kier molecular flexibility index (Phi) is 13.8. The molecule has 8 rings (SSSR count). The lowest BCUT2D eigenvalue weighted by atomic mass is 9.80. The monoisotopic (exact) mass is 878 g/mol. The summed E-state index contributed by atoms with van der Waals surface area (Å²) in [6, 6.07) is 12.7. The molecule has 5 aromatic rings. The summed E-state index contributed by atoms with van der Waals surface area (Å²) in [6.07, 6.45) is 9.22. The molecule has 18 nitrogen and oxygen atoms in total. The molecule has 19 heteroatoms. The SMILES string of the molecule is Cc1nc(NC(=O)c2ccccc2NC(=O)CCOCCOCCNC(=O)CN2CCN(c3ccc(Nc4ncc5cc6n(c5n4)C4(CCCCC4)CNC6=O)nc3)CC2)sc1C. The molecule has 1 aliphatic carbocycles. The molecule has 63 heavy (non-hydrogen) atoms. The van der Waals surface area contributed by atoms with Crippen molar-refractivity contribution in [3.05, 3.63) is 76.7 Å². The van der Waals surface area contributed by atoms with Gasteiger partial charge in [-0.15, -0.1) is 11.3 Å². The fourth-order valence-electron chi connectivity index (χ4n) is 8.35. The number of carbonyl (C=O) groups excluding carboxylic acids is 4. The summed E-state index contributed by atoms with van der Waals surface area (Å²) < 4.78 is 13.3. The lowest BCUT2D eigenvalue weighted by Gasteiger charge is -2.42. The molecule has 1 spiro atoms. The quantitative estimate of drug-likeness (QED) is 0.0811. The lowest BCUT2D eigenvalue weighted by Crippen LogP contribution is -2.52. The normalized spacial score (nSPS) is 16.1. The number of rotatable bonds is 17. The third-order valence-corrected chi connectivity index (χ3v) is 12.8. The van der Waals surface area contributed by atoms with Crippen LogP contribution in [0.1, 0.15) is 69.9 Å². The topological polar surface area (TPSA) is 210 Å². The average molecular weight is 879 g/mol. The van der Waals surface area contributed by atoms with Crippen molar-refractivity contribution in [3.63, 3.8) is 0 Å². The molecule has 4 aromatic heterocycles. The number of carbonyl (C=O) groups is 4. The fraction of sp³-hybridized carbons (Fsp3) is 0.455. The Morgan fingerprint density at radius 1 is 0.873 bits per heavy atom. The third kappa shape index (κ3) is 10.6. The highest BCUT2D eigenvalue weighted by Crippen LogP contribution is 2.40. The van der Waals surface area contributed by atoms with Crippen molar-refractivity contribution < 1.29 is 28.7 Å². The molecule has 0 atom stereocenters. The number of hydrogen-bond acceptors (Lipinski definition) is 14. The van der Waals surface area contributed by atoms with Crippen LogP contribution >= 0.6 is 11.3 Å². The van der Waals surface area contributed by atoms with Crippen LogP contribution in [0.3, 0.4) is 0 Å². The summed E-state index contributed by atoms with van der Waals surface area (Å²) in [7, 11) is 0. The van der Waals surface area contributed by atoms with Crippen molar-refractivity contribution >= 4 is 74.3 Å². The minimum absolute atomic E-state index is 0.0583. The number of fused-ring (bicyclic) bond motifs is 4. The van der Waals surface area contributed by atoms with Gasteiger partial charge in [-0.05, 0) is 57.0 Å². The predicted octanol–water partition coefficient (Wildman–Crippen LogP) is 4.60. The highest BCUT2D eigenvalue weighted by atomic mass is 32.1. The number of aromatic nitrogens is 5. The summed E-state index contributed by atoms with van der Waals surface area (Å²) in [6.45, 7) is 9.31. The first-order chi connectivity index (χ1) is 30.6. The zero-order valence-electron chi connectivity index (χ0n) is 35.7. The van der Waals surface area contributed by atoms with Crippen LogP contribution in [0.4, 0.5) is 28.3 Å². The van der Waals surface area contributed by atoms with E-state index in [2.05, 4.69) is 55.9 Å². The molecule has 1 saturated heterocycles. The van der Waals surface area contributed by atoms with E-state index < -0.39 is 0 Å². The van der Waals surface area contributed by atoms with Gasteiger partial charge in [-0.3, -0.25) is 29.4 Å². The van der Waals surface area contributed by atoms with Crippen LogP contribution in [-0.2, 0) is 24.6 Å². The van der Waals surface area contributed by atoms with Crippen molar-refractivity contribution in [1.29, 1.82) is 0 Å². The summed E-state index contributed by atoms with van der Waals surface area (Å²) in [5.41, 5.74) is 3.89. The highest BCUT2D eigenvalue weighted by molar-refractivity contribution is 7.15. The summed E-state index contributed by atoms with van der Waals surface area (Å²) >= 11 is 1.40. The number of piperazine rings is 1. The van der Waals surface area contributed by atoms with E-state index in [1.54, 1.807) is 30.5 Å². The number of nitrogens with one attached hydrogen (secondary N) is 5. The number of thiazole rings is 1. The minimum Gasteiger partial charge on any atom is -0.379 e. The maximum absolute atomic E-state index is 12.9. The first-order valence-corrected chi connectivity index (χ1v) is 22.4. The summed E-state index contributed by atoms with van der Waals surface area (Å²) in [5.74, 6) is 0.311. The molecule has 0 bridgehead atoms. The first kappa shape index (κ1) is 43.6. The van der Waals surface area contributed by atoms with Gasteiger partial charge in [-0.2, -0.15) is 4.98 Å². The zero-order chi connectivity index (χ0) is 43.8. The molecule has 2 aliphatic heterocycles. The Hall–Kier alpha value is -6.02. The number of benzene rings is 1. The van der Waals surface area contributed by atoms with Crippen molar-refractivity contribution in [2.75, 3.05) is 93.1 Å². The summed E-state index contributed by atoms with van der Waals surface area (Å²) in [4.78, 5) is 74.7. The predicted molar refractivity (Wildman–Crippen MR) is 241 cm³/mol. The van der Waals surface area contributed by atoms with E-state index in [1.165, 1.54) is 17.8 Å². The van der Waals surface area contributed by atoms with E-state index >= 15 is 0 Å². The smallest absolute Gasteiger partial charge is 0.268 e. The largest absolute Gasteiger partial charge is 0.379 e. The molecule has 4 amide bonds. The second-order valence-electron chi connectivity index (χ2n) is 16.1. The number of hydrogen-bond donors (Lipinski definition) is 5. The molecular formula is C44H54N12O6S. The Balaban J connectivity index is 0.688. The first-order valence-electron chi connectivity index (χ1n) is 21.6. The van der Waals surface area contributed by atoms with Gasteiger partial charge in [-0.25, -0.2) is 15.0 Å². The van der Waals surface area contributed by atoms with E-state index in [-0.39, 0.29) is 42.2 Å². The van der Waals surface area contributed by atoms with Gasteiger partial charge in [0.25, 0.3) is 11.8 Å². The van der Waals surface area contributed by atoms with Crippen LogP contribution in [0.2, 0.25) is 0 Å². The number of nitrogens with zero attached hydrogens (tertiary/aromatic N) is 7. The fourth-order valence-corrected chi connectivity index (χ4v) is 9.16. The van der Waals surface area contributed by atoms with Gasteiger partial charge in [-0.1, -0.05) is 31.4 Å². The van der Waals surface area contributed by atoms with E-state index in [9.17, 15) is 19.2 Å². The molecule has 3 aliphatic rings. The van der Waals surface area contributed by atoms with E-state index in [1.807, 2.05) is 38.2 Å². The molecule has 1 saturated carbocycles. The van der Waals surface area contributed by atoms with Crippen molar-refractivity contribution in [2.24, 2.45) is 0 Å². The third-order valence-electron chi connectivity index (χ3n) is 11.8. The van der Waals surface area contributed by atoms with E-state index in [0.29, 0.717) is 73.3 Å². The Bertz CT molecular complexity index is 2400. The molecule has 332 valence electrons. The number of para-hydroxylation sites is 1. The van der Waals surface area contributed by atoms with Crippen molar-refractivity contribution in [1.82, 2.24) is 40.0 Å². The van der Waals surface area contributed by atoms with Crippen LogP contribution in [0.5, 0.6) is 0 Å². The van der Waals surface area contributed by atoms with Crippen LogP contribution in [0.15, 0.2) is 54.9 Å². The minimum atomic E-state index is -0.349. The van der Waals surface area contributed by atoms with Crippen LogP contribution in [0.25, 0.3) is 11.0 Å².